The van der Waals surface area contributed by atoms with E-state index in [0.717, 1.165) is 12.8 Å². The summed E-state index contributed by atoms with van der Waals surface area (Å²) >= 11 is 0. The fourth-order valence-corrected chi connectivity index (χ4v) is 1.38. The van der Waals surface area contributed by atoms with E-state index < -0.39 is 12.1 Å². The zero-order valence-corrected chi connectivity index (χ0v) is 10.6. The molecule has 3 N–H and O–H groups in total. The second kappa shape index (κ2) is 7.89. The minimum absolute atomic E-state index is 0.0110. The van der Waals surface area contributed by atoms with Gasteiger partial charge in [0.2, 0.25) is 0 Å². The molecule has 6 nitrogen and oxygen atoms in total. The van der Waals surface area contributed by atoms with Crippen LogP contribution in [0.15, 0.2) is 0 Å². The van der Waals surface area contributed by atoms with E-state index in [1.54, 1.807) is 11.9 Å². The SMILES string of the molecule is CCCC(C)N(C)C(=O)NCC[C@H](O)C(=O)O. The van der Waals surface area contributed by atoms with Gasteiger partial charge in [0.1, 0.15) is 0 Å². The molecule has 0 aliphatic carbocycles. The molecular formula is C11H22N2O4. The number of hydrogen-bond donors (Lipinski definition) is 3. The Morgan fingerprint density at radius 1 is 1.35 bits per heavy atom. The molecule has 0 fully saturated rings. The largest absolute Gasteiger partial charge is 0.479 e. The highest BCUT2D eigenvalue weighted by atomic mass is 16.4. The maximum atomic E-state index is 11.6. The van der Waals surface area contributed by atoms with Gasteiger partial charge in [-0.2, -0.15) is 0 Å². The third-order valence-corrected chi connectivity index (χ3v) is 2.67. The highest BCUT2D eigenvalue weighted by Gasteiger charge is 2.16. The summed E-state index contributed by atoms with van der Waals surface area (Å²) in [5.74, 6) is -1.27. The van der Waals surface area contributed by atoms with Crippen LogP contribution >= 0.6 is 0 Å². The van der Waals surface area contributed by atoms with E-state index in [1.165, 1.54) is 0 Å². The van der Waals surface area contributed by atoms with Crippen LogP contribution in [-0.4, -0.2) is 52.9 Å². The Hall–Kier alpha value is -1.30. The summed E-state index contributed by atoms with van der Waals surface area (Å²) < 4.78 is 0. The molecule has 17 heavy (non-hydrogen) atoms. The number of hydrogen-bond acceptors (Lipinski definition) is 3. The molecule has 0 aliphatic rings. The highest BCUT2D eigenvalue weighted by molar-refractivity contribution is 5.74. The lowest BCUT2D eigenvalue weighted by Gasteiger charge is -2.25. The van der Waals surface area contributed by atoms with Crippen LogP contribution in [0.4, 0.5) is 4.79 Å². The fraction of sp³-hybridized carbons (Fsp3) is 0.818. The number of aliphatic hydroxyl groups is 1. The minimum atomic E-state index is -1.42. The number of rotatable bonds is 7. The number of nitrogens with zero attached hydrogens (tertiary/aromatic N) is 1. The summed E-state index contributed by atoms with van der Waals surface area (Å²) in [4.78, 5) is 23.5. The molecule has 0 saturated heterocycles. The Bertz CT molecular complexity index is 258. The number of nitrogens with one attached hydrogen (secondary N) is 1. The molecule has 0 heterocycles. The lowest BCUT2D eigenvalue weighted by Crippen LogP contribution is -2.43. The average Bonchev–Trinajstić information content (AvgIpc) is 2.27. The lowest BCUT2D eigenvalue weighted by molar-refractivity contribution is -0.146. The maximum absolute atomic E-state index is 11.6. The van der Waals surface area contributed by atoms with Gasteiger partial charge in [-0.3, -0.25) is 0 Å². The van der Waals surface area contributed by atoms with Gasteiger partial charge in [-0.25, -0.2) is 9.59 Å². The molecule has 6 heteroatoms. The van der Waals surface area contributed by atoms with Gasteiger partial charge in [0.05, 0.1) is 0 Å². The van der Waals surface area contributed by atoms with Gasteiger partial charge < -0.3 is 20.4 Å². The molecule has 1 unspecified atom stereocenters. The van der Waals surface area contributed by atoms with Crippen molar-refractivity contribution < 1.29 is 19.8 Å². The van der Waals surface area contributed by atoms with Gasteiger partial charge in [-0.15, -0.1) is 0 Å². The number of aliphatic hydroxyl groups excluding tert-OH is 1. The maximum Gasteiger partial charge on any atom is 0.332 e. The van der Waals surface area contributed by atoms with Crippen molar-refractivity contribution in [1.29, 1.82) is 0 Å². The predicted molar refractivity (Wildman–Crippen MR) is 63.8 cm³/mol. The lowest BCUT2D eigenvalue weighted by atomic mass is 10.2. The summed E-state index contributed by atoms with van der Waals surface area (Å²) in [6.45, 7) is 4.15. The van der Waals surface area contributed by atoms with Crippen LogP contribution in [0.5, 0.6) is 0 Å². The number of amides is 2. The van der Waals surface area contributed by atoms with Gasteiger partial charge in [0.15, 0.2) is 6.10 Å². The molecule has 0 aromatic heterocycles. The molecule has 0 aromatic carbocycles. The number of urea groups is 1. The molecular weight excluding hydrogens is 224 g/mol. The molecule has 0 rings (SSSR count). The van der Waals surface area contributed by atoms with Gasteiger partial charge in [0.25, 0.3) is 0 Å². The first kappa shape index (κ1) is 15.7. The first-order chi connectivity index (χ1) is 7.90. The second-order valence-corrected chi connectivity index (χ2v) is 4.12. The summed E-state index contributed by atoms with van der Waals surface area (Å²) in [5.41, 5.74) is 0. The van der Waals surface area contributed by atoms with E-state index in [4.69, 9.17) is 10.2 Å². The van der Waals surface area contributed by atoms with Gasteiger partial charge >= 0.3 is 12.0 Å². The first-order valence-corrected chi connectivity index (χ1v) is 5.81. The van der Waals surface area contributed by atoms with Crippen LogP contribution in [0.3, 0.4) is 0 Å². The van der Waals surface area contributed by atoms with E-state index in [2.05, 4.69) is 5.32 Å². The molecule has 2 atom stereocenters. The van der Waals surface area contributed by atoms with E-state index in [1.807, 2.05) is 13.8 Å². The van der Waals surface area contributed by atoms with Crippen molar-refractivity contribution in [2.24, 2.45) is 0 Å². The highest BCUT2D eigenvalue weighted by Crippen LogP contribution is 2.03. The van der Waals surface area contributed by atoms with Crippen LogP contribution in [0.25, 0.3) is 0 Å². The molecule has 0 aliphatic heterocycles. The fourth-order valence-electron chi connectivity index (χ4n) is 1.38. The van der Waals surface area contributed by atoms with E-state index in [9.17, 15) is 9.59 Å². The van der Waals surface area contributed by atoms with Gasteiger partial charge in [0, 0.05) is 26.1 Å². The van der Waals surface area contributed by atoms with Crippen molar-refractivity contribution in [3.05, 3.63) is 0 Å². The monoisotopic (exact) mass is 246 g/mol. The smallest absolute Gasteiger partial charge is 0.332 e. The Morgan fingerprint density at radius 3 is 2.41 bits per heavy atom. The molecule has 0 aromatic rings. The van der Waals surface area contributed by atoms with E-state index >= 15 is 0 Å². The Labute approximate surface area is 102 Å². The van der Waals surface area contributed by atoms with E-state index in [0.29, 0.717) is 0 Å². The Kier molecular flexibility index (Phi) is 7.29. The molecule has 2 amide bonds. The minimum Gasteiger partial charge on any atom is -0.479 e. The summed E-state index contributed by atoms with van der Waals surface area (Å²) in [5, 5.41) is 20.0. The first-order valence-electron chi connectivity index (χ1n) is 5.81. The van der Waals surface area contributed by atoms with Crippen molar-refractivity contribution >= 4 is 12.0 Å². The van der Waals surface area contributed by atoms with Crippen LogP contribution in [0, 0.1) is 0 Å². The van der Waals surface area contributed by atoms with Crippen LogP contribution < -0.4 is 5.32 Å². The van der Waals surface area contributed by atoms with Crippen molar-refractivity contribution in [3.8, 4) is 0 Å². The third kappa shape index (κ3) is 6.11. The van der Waals surface area contributed by atoms with Gasteiger partial charge in [-0.05, 0) is 13.3 Å². The van der Waals surface area contributed by atoms with Crippen molar-refractivity contribution in [2.75, 3.05) is 13.6 Å². The molecule has 0 saturated carbocycles. The van der Waals surface area contributed by atoms with Crippen molar-refractivity contribution in [3.63, 3.8) is 0 Å². The van der Waals surface area contributed by atoms with Crippen LogP contribution in [0.1, 0.15) is 33.1 Å². The van der Waals surface area contributed by atoms with E-state index in [-0.39, 0.29) is 25.0 Å². The van der Waals surface area contributed by atoms with Crippen molar-refractivity contribution in [2.45, 2.75) is 45.3 Å². The van der Waals surface area contributed by atoms with Crippen molar-refractivity contribution in [1.82, 2.24) is 10.2 Å². The number of carboxylic acids is 1. The number of carbonyl (C=O) groups excluding carboxylic acids is 1. The Morgan fingerprint density at radius 2 is 1.94 bits per heavy atom. The standard InChI is InChI=1S/C11H22N2O4/c1-4-5-8(2)13(3)11(17)12-7-6-9(14)10(15)16/h8-9,14H,4-7H2,1-3H3,(H,12,17)(H,15,16)/t8?,9-/m0/s1. The zero-order chi connectivity index (χ0) is 13.4. The zero-order valence-electron chi connectivity index (χ0n) is 10.6. The molecule has 100 valence electrons. The predicted octanol–water partition coefficient (Wildman–Crippen LogP) is 0.652. The Balaban J connectivity index is 3.89. The molecule has 0 bridgehead atoms. The average molecular weight is 246 g/mol. The quantitative estimate of drug-likeness (QED) is 0.615. The third-order valence-electron chi connectivity index (χ3n) is 2.67. The second-order valence-electron chi connectivity index (χ2n) is 4.12. The number of carbonyl (C=O) groups is 2. The summed E-state index contributed by atoms with van der Waals surface area (Å²) in [6.07, 6.45) is 0.503. The molecule has 0 spiro atoms. The molecule has 0 radical (unpaired) electrons. The topological polar surface area (TPSA) is 89.9 Å². The van der Waals surface area contributed by atoms with Crippen LogP contribution in [0.2, 0.25) is 0 Å². The number of carboxylic acid groups (broad SMARTS) is 1. The normalized spacial score (nSPS) is 13.9. The van der Waals surface area contributed by atoms with Gasteiger partial charge in [-0.1, -0.05) is 13.3 Å². The summed E-state index contributed by atoms with van der Waals surface area (Å²) in [7, 11) is 1.70. The summed E-state index contributed by atoms with van der Waals surface area (Å²) in [6, 6.07) is -0.104. The number of aliphatic carboxylic acids is 1. The van der Waals surface area contributed by atoms with Crippen LogP contribution in [-0.2, 0) is 4.79 Å².